The van der Waals surface area contributed by atoms with Gasteiger partial charge in [-0.3, -0.25) is 4.79 Å². The molecule has 0 aliphatic rings. The smallest absolute Gasteiger partial charge is 0.335 e. The number of nitrogens with one attached hydrogen (secondary N) is 2. The molecule has 0 heterocycles. The van der Waals surface area contributed by atoms with E-state index < -0.39 is 18.0 Å². The largest absolute Gasteiger partial charge is 0.478 e. The van der Waals surface area contributed by atoms with Crippen LogP contribution in [0.15, 0.2) is 24.3 Å². The minimum atomic E-state index is -1.00. The molecule has 7 nitrogen and oxygen atoms in total. The minimum absolute atomic E-state index is 0.181. The summed E-state index contributed by atoms with van der Waals surface area (Å²) >= 11 is 0. The van der Waals surface area contributed by atoms with Crippen molar-refractivity contribution in [2.45, 2.75) is 13.5 Å². The first-order chi connectivity index (χ1) is 9.52. The van der Waals surface area contributed by atoms with Crippen molar-refractivity contribution in [3.63, 3.8) is 0 Å². The molecule has 0 aromatic heterocycles. The van der Waals surface area contributed by atoms with Crippen LogP contribution in [0, 0.1) is 0 Å². The van der Waals surface area contributed by atoms with Crippen LogP contribution in [0.5, 0.6) is 0 Å². The van der Waals surface area contributed by atoms with Gasteiger partial charge in [0, 0.05) is 6.54 Å². The first-order valence-corrected chi connectivity index (χ1v) is 6.02. The zero-order valence-corrected chi connectivity index (χ0v) is 11.0. The van der Waals surface area contributed by atoms with Crippen molar-refractivity contribution in [2.75, 3.05) is 13.2 Å². The molecule has 0 saturated heterocycles. The van der Waals surface area contributed by atoms with Gasteiger partial charge in [-0.1, -0.05) is 12.1 Å². The number of carbonyl (C=O) groups is 3. The maximum atomic E-state index is 11.4. The molecule has 0 aliphatic carbocycles. The Morgan fingerprint density at radius 3 is 2.35 bits per heavy atom. The van der Waals surface area contributed by atoms with Gasteiger partial charge < -0.3 is 20.5 Å². The van der Waals surface area contributed by atoms with Crippen LogP contribution >= 0.6 is 0 Å². The first-order valence-electron chi connectivity index (χ1n) is 6.02. The molecule has 1 aromatic carbocycles. The molecule has 1 rings (SSSR count). The molecule has 7 heteroatoms. The minimum Gasteiger partial charge on any atom is -0.478 e. The predicted molar refractivity (Wildman–Crippen MR) is 70.3 cm³/mol. The third kappa shape index (κ3) is 5.38. The van der Waals surface area contributed by atoms with Crippen molar-refractivity contribution in [1.82, 2.24) is 10.6 Å². The fourth-order valence-corrected chi connectivity index (χ4v) is 1.37. The number of rotatable bonds is 6. The van der Waals surface area contributed by atoms with E-state index >= 15 is 0 Å². The van der Waals surface area contributed by atoms with Crippen LogP contribution in [0.1, 0.15) is 22.8 Å². The number of amides is 2. The van der Waals surface area contributed by atoms with Crippen LogP contribution in [-0.4, -0.2) is 36.2 Å². The quantitative estimate of drug-likeness (QED) is 0.667. The molecule has 0 fully saturated rings. The lowest BCUT2D eigenvalue weighted by atomic mass is 10.1. The molecule has 0 spiro atoms. The zero-order chi connectivity index (χ0) is 15.0. The number of hydrogen-bond acceptors (Lipinski definition) is 4. The Morgan fingerprint density at radius 1 is 1.15 bits per heavy atom. The van der Waals surface area contributed by atoms with Crippen LogP contribution in [0.4, 0.5) is 4.79 Å². The zero-order valence-electron chi connectivity index (χ0n) is 11.0. The Morgan fingerprint density at radius 2 is 1.80 bits per heavy atom. The molecule has 0 aliphatic heterocycles. The topological polar surface area (TPSA) is 105 Å². The summed E-state index contributed by atoms with van der Waals surface area (Å²) in [4.78, 5) is 33.0. The molecule has 0 atom stereocenters. The van der Waals surface area contributed by atoms with E-state index in [0.717, 1.165) is 5.56 Å². The summed E-state index contributed by atoms with van der Waals surface area (Å²) in [5.41, 5.74) is 0.932. The maximum Gasteiger partial charge on any atom is 0.335 e. The van der Waals surface area contributed by atoms with Crippen molar-refractivity contribution < 1.29 is 24.2 Å². The van der Waals surface area contributed by atoms with Gasteiger partial charge in [0.05, 0.1) is 12.2 Å². The summed E-state index contributed by atoms with van der Waals surface area (Å²) in [6, 6.07) is 5.62. The van der Waals surface area contributed by atoms with Gasteiger partial charge in [0.1, 0.15) is 6.54 Å². The Hall–Kier alpha value is -2.57. The summed E-state index contributed by atoms with van der Waals surface area (Å²) in [5.74, 6) is -1.51. The molecule has 0 unspecified atom stereocenters. The monoisotopic (exact) mass is 280 g/mol. The Labute approximate surface area is 115 Å². The fraction of sp³-hybridized carbons (Fsp3) is 0.308. The third-order valence-corrected chi connectivity index (χ3v) is 2.35. The molecule has 0 bridgehead atoms. The van der Waals surface area contributed by atoms with E-state index in [4.69, 9.17) is 5.11 Å². The average Bonchev–Trinajstić information content (AvgIpc) is 2.43. The summed E-state index contributed by atoms with van der Waals surface area (Å²) in [5, 5.41) is 13.6. The third-order valence-electron chi connectivity index (χ3n) is 2.35. The van der Waals surface area contributed by atoms with Gasteiger partial charge in [-0.25, -0.2) is 9.59 Å². The van der Waals surface area contributed by atoms with Crippen molar-refractivity contribution in [3.8, 4) is 0 Å². The molecule has 0 radical (unpaired) electrons. The summed E-state index contributed by atoms with van der Waals surface area (Å²) in [7, 11) is 0. The maximum absolute atomic E-state index is 11.4. The molecule has 3 N–H and O–H groups in total. The van der Waals surface area contributed by atoms with Crippen LogP contribution in [0.25, 0.3) is 0 Å². The highest BCUT2D eigenvalue weighted by Crippen LogP contribution is 2.03. The van der Waals surface area contributed by atoms with Crippen LogP contribution in [-0.2, 0) is 16.1 Å². The Balaban J connectivity index is 2.33. The normalized spacial score (nSPS) is 9.65. The van der Waals surface area contributed by atoms with E-state index in [1.54, 1.807) is 19.1 Å². The highest BCUT2D eigenvalue weighted by molar-refractivity contribution is 5.87. The van der Waals surface area contributed by atoms with E-state index in [1.165, 1.54) is 12.1 Å². The molecule has 108 valence electrons. The summed E-state index contributed by atoms with van der Waals surface area (Å²) in [6.07, 6.45) is 0. The number of ether oxygens (including phenoxy) is 1. The van der Waals surface area contributed by atoms with Gasteiger partial charge in [0.25, 0.3) is 0 Å². The SMILES string of the molecule is CCOC(=O)CNC(=O)NCc1ccc(C(=O)O)cc1. The Bertz CT molecular complexity index is 484. The lowest BCUT2D eigenvalue weighted by Crippen LogP contribution is -2.38. The van der Waals surface area contributed by atoms with Crippen LogP contribution < -0.4 is 10.6 Å². The summed E-state index contributed by atoms with van der Waals surface area (Å²) < 4.78 is 4.65. The lowest BCUT2D eigenvalue weighted by molar-refractivity contribution is -0.141. The van der Waals surface area contributed by atoms with Crippen molar-refractivity contribution in [1.29, 1.82) is 0 Å². The van der Waals surface area contributed by atoms with Gasteiger partial charge in [-0.15, -0.1) is 0 Å². The first kappa shape index (κ1) is 15.5. The molecule has 20 heavy (non-hydrogen) atoms. The van der Waals surface area contributed by atoms with E-state index in [1.807, 2.05) is 0 Å². The van der Waals surface area contributed by atoms with Crippen LogP contribution in [0.2, 0.25) is 0 Å². The number of esters is 1. The van der Waals surface area contributed by atoms with E-state index in [9.17, 15) is 14.4 Å². The summed E-state index contributed by atoms with van der Waals surface area (Å²) in [6.45, 7) is 1.98. The van der Waals surface area contributed by atoms with Crippen LogP contribution in [0.3, 0.4) is 0 Å². The van der Waals surface area contributed by atoms with E-state index in [0.29, 0.717) is 0 Å². The lowest BCUT2D eigenvalue weighted by Gasteiger charge is -2.07. The molecule has 1 aromatic rings. The second kappa shape index (κ2) is 7.78. The molecular weight excluding hydrogens is 264 g/mol. The van der Waals surface area contributed by atoms with Crippen molar-refractivity contribution in [2.24, 2.45) is 0 Å². The number of carbonyl (C=O) groups excluding carboxylic acids is 2. The fourth-order valence-electron chi connectivity index (χ4n) is 1.37. The number of urea groups is 1. The highest BCUT2D eigenvalue weighted by atomic mass is 16.5. The number of carboxylic acid groups (broad SMARTS) is 1. The van der Waals surface area contributed by atoms with Gasteiger partial charge in [-0.05, 0) is 24.6 Å². The van der Waals surface area contributed by atoms with Gasteiger partial charge in [-0.2, -0.15) is 0 Å². The van der Waals surface area contributed by atoms with Gasteiger partial charge >= 0.3 is 18.0 Å². The number of benzene rings is 1. The molecule has 2 amide bonds. The molecule has 0 saturated carbocycles. The van der Waals surface area contributed by atoms with Crippen molar-refractivity contribution >= 4 is 18.0 Å². The second-order valence-electron chi connectivity index (χ2n) is 3.84. The number of hydrogen-bond donors (Lipinski definition) is 3. The number of aromatic carboxylic acids is 1. The Kier molecular flexibility index (Phi) is 6.02. The second-order valence-corrected chi connectivity index (χ2v) is 3.84. The van der Waals surface area contributed by atoms with Gasteiger partial charge in [0.2, 0.25) is 0 Å². The standard InChI is InChI=1S/C13H16N2O5/c1-2-20-11(16)8-15-13(19)14-7-9-3-5-10(6-4-9)12(17)18/h3-6H,2,7-8H2,1H3,(H,17,18)(H2,14,15,19). The van der Waals surface area contributed by atoms with Gasteiger partial charge in [0.15, 0.2) is 0 Å². The predicted octanol–water partition coefficient (Wildman–Crippen LogP) is 0.747. The van der Waals surface area contributed by atoms with Crippen molar-refractivity contribution in [3.05, 3.63) is 35.4 Å². The number of carboxylic acids is 1. The van der Waals surface area contributed by atoms with E-state index in [-0.39, 0.29) is 25.3 Å². The highest BCUT2D eigenvalue weighted by Gasteiger charge is 2.06. The molecular formula is C13H16N2O5. The average molecular weight is 280 g/mol. The van der Waals surface area contributed by atoms with E-state index in [2.05, 4.69) is 15.4 Å².